The average Bonchev–Trinajstić information content (AvgIpc) is 3.05. The highest BCUT2D eigenvalue weighted by molar-refractivity contribution is 6.47. The maximum atomic E-state index is 13.2. The smallest absolute Gasteiger partial charge is 0.295 e. The van der Waals surface area contributed by atoms with Crippen LogP contribution in [0.5, 0.6) is 11.5 Å². The van der Waals surface area contributed by atoms with Crippen LogP contribution < -0.4 is 4.74 Å². The Kier molecular flexibility index (Phi) is 5.92. The lowest BCUT2D eigenvalue weighted by molar-refractivity contribution is -0.141. The lowest BCUT2D eigenvalue weighted by Crippen LogP contribution is -2.40. The number of aromatic hydroxyl groups is 1. The van der Waals surface area contributed by atoms with Crippen molar-refractivity contribution in [2.24, 2.45) is 0 Å². The Balaban J connectivity index is 1.91. The number of methoxy groups -OCH3 is 1. The van der Waals surface area contributed by atoms with Crippen molar-refractivity contribution in [1.29, 1.82) is 0 Å². The number of carbonyl (C=O) groups excluding carboxylic acids is 2. The molecule has 0 aromatic heterocycles. The summed E-state index contributed by atoms with van der Waals surface area (Å²) in [6.45, 7) is 0. The number of nitrogens with zero attached hydrogens (tertiary/aromatic N) is 1. The zero-order valence-corrected chi connectivity index (χ0v) is 17.9. The monoisotopic (exact) mass is 441 g/mol. The fraction of sp³-hybridized carbons (Fsp3) is 0.333. The summed E-state index contributed by atoms with van der Waals surface area (Å²) >= 11 is 6.32. The van der Waals surface area contributed by atoms with Crippen molar-refractivity contribution in [3.63, 3.8) is 0 Å². The molecule has 2 N–H and O–H groups in total. The van der Waals surface area contributed by atoms with E-state index in [0.717, 1.165) is 32.1 Å². The van der Waals surface area contributed by atoms with E-state index in [0.29, 0.717) is 11.3 Å². The largest absolute Gasteiger partial charge is 0.508 e. The van der Waals surface area contributed by atoms with E-state index in [1.165, 1.54) is 25.3 Å². The zero-order chi connectivity index (χ0) is 22.1. The molecule has 31 heavy (non-hydrogen) atoms. The van der Waals surface area contributed by atoms with Gasteiger partial charge >= 0.3 is 0 Å². The maximum absolute atomic E-state index is 13.2. The number of hydrogen-bond donors (Lipinski definition) is 2. The zero-order valence-electron chi connectivity index (χ0n) is 17.2. The van der Waals surface area contributed by atoms with Crippen LogP contribution in [0.3, 0.4) is 0 Å². The van der Waals surface area contributed by atoms with E-state index in [1.54, 1.807) is 29.2 Å². The molecule has 6 nitrogen and oxygen atoms in total. The molecule has 2 aliphatic rings. The predicted molar refractivity (Wildman–Crippen MR) is 117 cm³/mol. The van der Waals surface area contributed by atoms with Crippen molar-refractivity contribution in [2.75, 3.05) is 7.11 Å². The predicted octanol–water partition coefficient (Wildman–Crippen LogP) is 4.81. The number of aliphatic hydroxyl groups excluding tert-OH is 1. The van der Waals surface area contributed by atoms with Gasteiger partial charge in [0.05, 0.1) is 23.7 Å². The van der Waals surface area contributed by atoms with E-state index in [1.807, 2.05) is 0 Å². The van der Waals surface area contributed by atoms with Gasteiger partial charge in [-0.3, -0.25) is 9.59 Å². The minimum atomic E-state index is -0.808. The number of hydrogen-bond acceptors (Lipinski definition) is 5. The molecule has 1 heterocycles. The summed E-state index contributed by atoms with van der Waals surface area (Å²) in [7, 11) is 1.49. The van der Waals surface area contributed by atoms with Crippen molar-refractivity contribution in [3.8, 4) is 11.5 Å². The van der Waals surface area contributed by atoms with Crippen molar-refractivity contribution >= 4 is 29.1 Å². The molecule has 1 atom stereocenters. The molecule has 1 aliphatic carbocycles. The van der Waals surface area contributed by atoms with Crippen LogP contribution in [0.25, 0.3) is 5.76 Å². The Morgan fingerprint density at radius 1 is 1.10 bits per heavy atom. The number of phenols is 1. The van der Waals surface area contributed by atoms with Crippen molar-refractivity contribution in [2.45, 2.75) is 44.2 Å². The second kappa shape index (κ2) is 8.63. The number of ketones is 1. The Morgan fingerprint density at radius 2 is 1.84 bits per heavy atom. The fourth-order valence-electron chi connectivity index (χ4n) is 4.57. The summed E-state index contributed by atoms with van der Waals surface area (Å²) < 4.78 is 5.23. The van der Waals surface area contributed by atoms with Crippen LogP contribution in [0.1, 0.15) is 49.3 Å². The Hall–Kier alpha value is -2.99. The number of amides is 1. The van der Waals surface area contributed by atoms with E-state index in [9.17, 15) is 19.8 Å². The van der Waals surface area contributed by atoms with Gasteiger partial charge in [-0.1, -0.05) is 43.0 Å². The van der Waals surface area contributed by atoms with E-state index >= 15 is 0 Å². The quantitative estimate of drug-likeness (QED) is 0.404. The minimum Gasteiger partial charge on any atom is -0.508 e. The first-order valence-corrected chi connectivity index (χ1v) is 10.7. The molecule has 1 amide bonds. The lowest BCUT2D eigenvalue weighted by Gasteiger charge is -2.35. The number of halogens is 1. The first kappa shape index (κ1) is 21.2. The maximum Gasteiger partial charge on any atom is 0.295 e. The van der Waals surface area contributed by atoms with E-state index in [2.05, 4.69) is 0 Å². The van der Waals surface area contributed by atoms with Crippen LogP contribution in [0.4, 0.5) is 0 Å². The molecule has 0 bridgehead atoms. The van der Waals surface area contributed by atoms with E-state index in [-0.39, 0.29) is 33.7 Å². The summed E-state index contributed by atoms with van der Waals surface area (Å²) in [6, 6.07) is 10.3. The van der Waals surface area contributed by atoms with Crippen LogP contribution in [-0.4, -0.2) is 40.0 Å². The minimum absolute atomic E-state index is 0.0196. The molecular formula is C24H24ClNO5. The van der Waals surface area contributed by atoms with Gasteiger partial charge in [0, 0.05) is 11.6 Å². The summed E-state index contributed by atoms with van der Waals surface area (Å²) in [5.74, 6) is -1.27. The molecule has 1 saturated heterocycles. The second-order valence-corrected chi connectivity index (χ2v) is 8.35. The van der Waals surface area contributed by atoms with Gasteiger partial charge in [0.25, 0.3) is 11.7 Å². The van der Waals surface area contributed by atoms with Gasteiger partial charge in [-0.05, 0) is 48.7 Å². The average molecular weight is 442 g/mol. The number of likely N-dealkylation sites (tertiary alicyclic amines) is 1. The number of Topliss-reactive ketones (excluding diaryl/α,β-unsaturated/α-hetero) is 1. The molecule has 1 unspecified atom stereocenters. The highest BCUT2D eigenvalue weighted by atomic mass is 35.5. The van der Waals surface area contributed by atoms with E-state index in [4.69, 9.17) is 16.3 Å². The Morgan fingerprint density at radius 3 is 2.52 bits per heavy atom. The normalized spacial score (nSPS) is 21.5. The topological polar surface area (TPSA) is 87.1 Å². The molecule has 162 valence electrons. The summed E-state index contributed by atoms with van der Waals surface area (Å²) in [6.07, 6.45) is 4.63. The van der Waals surface area contributed by atoms with Gasteiger partial charge < -0.3 is 19.8 Å². The molecule has 7 heteroatoms. The number of aliphatic hydroxyl groups is 1. The first-order valence-electron chi connectivity index (χ1n) is 10.4. The number of benzene rings is 2. The summed E-state index contributed by atoms with van der Waals surface area (Å²) in [4.78, 5) is 27.9. The summed E-state index contributed by atoms with van der Waals surface area (Å²) in [5, 5.41) is 21.5. The summed E-state index contributed by atoms with van der Waals surface area (Å²) in [5.41, 5.74) is 0.745. The highest BCUT2D eigenvalue weighted by Gasteiger charge is 2.49. The lowest BCUT2D eigenvalue weighted by atomic mass is 9.91. The van der Waals surface area contributed by atoms with Crippen LogP contribution in [0.15, 0.2) is 48.0 Å². The number of phenolic OH excluding ortho intramolecular Hbond substituents is 1. The third kappa shape index (κ3) is 3.88. The Bertz CT molecular complexity index is 1060. The van der Waals surface area contributed by atoms with Gasteiger partial charge in [0.2, 0.25) is 0 Å². The van der Waals surface area contributed by atoms with Gasteiger partial charge in [0.15, 0.2) is 0 Å². The van der Waals surface area contributed by atoms with Gasteiger partial charge in [-0.15, -0.1) is 0 Å². The number of rotatable bonds is 4. The Labute approximate surface area is 185 Å². The molecule has 0 spiro atoms. The number of carbonyl (C=O) groups is 2. The third-order valence-electron chi connectivity index (χ3n) is 6.06. The van der Waals surface area contributed by atoms with Crippen molar-refractivity contribution in [3.05, 3.63) is 64.2 Å². The standard InChI is InChI=1S/C24H24ClNO5/c1-31-17-10-11-19(25)18(13-17)22(28)20-21(14-6-5-9-16(27)12-14)26(24(30)23(20)29)15-7-3-2-4-8-15/h5-6,9-13,15,21,27-28H,2-4,7-8H2,1H3/b22-20+. The van der Waals surface area contributed by atoms with Crippen LogP contribution in [0.2, 0.25) is 5.02 Å². The van der Waals surface area contributed by atoms with Gasteiger partial charge in [-0.25, -0.2) is 0 Å². The van der Waals surface area contributed by atoms with Gasteiger partial charge in [-0.2, -0.15) is 0 Å². The molecule has 0 radical (unpaired) electrons. The van der Waals surface area contributed by atoms with Gasteiger partial charge in [0.1, 0.15) is 17.3 Å². The molecule has 4 rings (SSSR count). The second-order valence-electron chi connectivity index (χ2n) is 7.94. The van der Waals surface area contributed by atoms with Crippen molar-refractivity contribution < 1.29 is 24.5 Å². The SMILES string of the molecule is COc1ccc(Cl)c(/C(O)=C2\C(=O)C(=O)N(C3CCCCC3)C2c2cccc(O)c2)c1. The molecule has 2 fully saturated rings. The molecule has 1 aliphatic heterocycles. The highest BCUT2D eigenvalue weighted by Crippen LogP contribution is 2.44. The fourth-order valence-corrected chi connectivity index (χ4v) is 4.77. The first-order chi connectivity index (χ1) is 14.9. The molecule has 2 aromatic rings. The van der Waals surface area contributed by atoms with Crippen molar-refractivity contribution in [1.82, 2.24) is 4.90 Å². The number of ether oxygens (including phenoxy) is 1. The van der Waals surface area contributed by atoms with Crippen LogP contribution in [0, 0.1) is 0 Å². The van der Waals surface area contributed by atoms with Crippen LogP contribution >= 0.6 is 11.6 Å². The molecule has 2 aromatic carbocycles. The van der Waals surface area contributed by atoms with Crippen LogP contribution in [-0.2, 0) is 9.59 Å². The third-order valence-corrected chi connectivity index (χ3v) is 6.39. The molecule has 1 saturated carbocycles. The molecular weight excluding hydrogens is 418 g/mol. The van der Waals surface area contributed by atoms with E-state index < -0.39 is 17.7 Å².